The number of nitrogens with zero attached hydrogens (tertiary/aromatic N) is 4. The van der Waals surface area contributed by atoms with Gasteiger partial charge >= 0.3 is 0 Å². The Balaban J connectivity index is 1.17. The van der Waals surface area contributed by atoms with Gasteiger partial charge in [-0.1, -0.05) is 103 Å². The molecule has 214 valence electrons. The van der Waals surface area contributed by atoms with Crippen LogP contribution in [0.3, 0.4) is 0 Å². The predicted octanol–water partition coefficient (Wildman–Crippen LogP) is 8.17. The van der Waals surface area contributed by atoms with Crippen LogP contribution in [0.4, 0.5) is 0 Å². The quantitative estimate of drug-likeness (QED) is 0.115. The Kier molecular flexibility index (Phi) is 6.63. The molecule has 0 saturated carbocycles. The standard InChI is InChI=1S/C38H27N6P/c39-35(43-31-18-8-4-14-27(31)28-15-5-9-19-32(28)43)22-23-36(40)45(26-12-2-1-3-13-26)38-25-24-37(41-42-38)44-33-20-10-6-16-29(33)30-17-7-11-21-34(30)44/h1-25,39-40H/b23-22-,39-35?,40-36?. The van der Waals surface area contributed by atoms with E-state index in [0.29, 0.717) is 11.3 Å². The van der Waals surface area contributed by atoms with Crippen molar-refractivity contribution in [1.29, 1.82) is 10.8 Å². The molecular formula is C38H27N6P. The SMILES string of the molecule is N=C(/C=C\C(=N)P(c1ccccc1)c1ccc(-n2c3ccccc3c3ccccc32)nn1)n1c2ccccc2c2ccccc21. The zero-order valence-electron chi connectivity index (χ0n) is 24.2. The lowest BCUT2D eigenvalue weighted by atomic mass is 10.2. The second kappa shape index (κ2) is 11.1. The highest BCUT2D eigenvalue weighted by molar-refractivity contribution is 7.88. The topological polar surface area (TPSA) is 83.3 Å². The lowest BCUT2D eigenvalue weighted by molar-refractivity contribution is 0.971. The van der Waals surface area contributed by atoms with Gasteiger partial charge in [-0.15, -0.1) is 10.2 Å². The van der Waals surface area contributed by atoms with Crippen LogP contribution in [0.5, 0.6) is 0 Å². The smallest absolute Gasteiger partial charge is 0.160 e. The average Bonchev–Trinajstić information content (AvgIpc) is 3.61. The van der Waals surface area contributed by atoms with Crippen LogP contribution < -0.4 is 10.7 Å². The van der Waals surface area contributed by atoms with Crippen molar-refractivity contribution in [2.45, 2.75) is 0 Å². The van der Waals surface area contributed by atoms with E-state index < -0.39 is 7.92 Å². The minimum atomic E-state index is -1.30. The zero-order chi connectivity index (χ0) is 30.3. The molecule has 0 aliphatic carbocycles. The van der Waals surface area contributed by atoms with Gasteiger partial charge in [0.25, 0.3) is 0 Å². The first-order valence-corrected chi connectivity index (χ1v) is 16.0. The molecular weight excluding hydrogens is 571 g/mol. The third-order valence-corrected chi connectivity index (χ3v) is 10.3. The van der Waals surface area contributed by atoms with Gasteiger partial charge in [-0.05, 0) is 53.9 Å². The van der Waals surface area contributed by atoms with E-state index in [2.05, 4.69) is 53.1 Å². The fourth-order valence-corrected chi connectivity index (χ4v) is 8.03. The summed E-state index contributed by atoms with van der Waals surface area (Å²) < 4.78 is 4.09. The molecule has 1 atom stereocenters. The second-order valence-corrected chi connectivity index (χ2v) is 12.9. The monoisotopic (exact) mass is 598 g/mol. The van der Waals surface area contributed by atoms with Crippen LogP contribution in [0.2, 0.25) is 0 Å². The molecule has 0 radical (unpaired) electrons. The lowest BCUT2D eigenvalue weighted by Crippen LogP contribution is -2.21. The molecule has 2 N–H and O–H groups in total. The van der Waals surface area contributed by atoms with E-state index in [4.69, 9.17) is 15.6 Å². The van der Waals surface area contributed by atoms with E-state index in [9.17, 15) is 5.41 Å². The molecule has 6 nitrogen and oxygen atoms in total. The van der Waals surface area contributed by atoms with Crippen molar-refractivity contribution in [2.24, 2.45) is 0 Å². The van der Waals surface area contributed by atoms with Crippen molar-refractivity contribution in [2.75, 3.05) is 0 Å². The summed E-state index contributed by atoms with van der Waals surface area (Å²) in [5.74, 6) is 1.03. The molecule has 0 bridgehead atoms. The molecule has 3 heterocycles. The van der Waals surface area contributed by atoms with Gasteiger partial charge in [-0.25, -0.2) is 0 Å². The van der Waals surface area contributed by atoms with Crippen molar-refractivity contribution in [3.8, 4) is 5.82 Å². The molecule has 0 aliphatic rings. The Bertz CT molecular complexity index is 2310. The third-order valence-electron chi connectivity index (χ3n) is 8.15. The van der Waals surface area contributed by atoms with Gasteiger partial charge in [-0.3, -0.25) is 20.0 Å². The van der Waals surface area contributed by atoms with Gasteiger partial charge in [-0.2, -0.15) is 0 Å². The average molecular weight is 599 g/mol. The maximum atomic E-state index is 9.24. The van der Waals surface area contributed by atoms with Crippen LogP contribution in [0, 0.1) is 10.8 Å². The number of para-hydroxylation sites is 4. The van der Waals surface area contributed by atoms with Gasteiger partial charge in [0.1, 0.15) is 5.84 Å². The van der Waals surface area contributed by atoms with Crippen LogP contribution in [-0.4, -0.2) is 30.6 Å². The Hall–Kier alpha value is -5.71. The summed E-state index contributed by atoms with van der Waals surface area (Å²) in [6.45, 7) is 0. The maximum absolute atomic E-state index is 9.24. The van der Waals surface area contributed by atoms with E-state index in [-0.39, 0.29) is 0 Å². The Morgan fingerprint density at radius 3 is 1.53 bits per heavy atom. The number of hydrogen-bond donors (Lipinski definition) is 2. The van der Waals surface area contributed by atoms with E-state index >= 15 is 0 Å². The number of allylic oxidation sites excluding steroid dienone is 2. The summed E-state index contributed by atoms with van der Waals surface area (Å²) in [6, 6.07) is 47.0. The van der Waals surface area contributed by atoms with E-state index in [0.717, 1.165) is 49.4 Å². The molecule has 0 fully saturated rings. The van der Waals surface area contributed by atoms with Gasteiger partial charge in [0, 0.05) is 29.5 Å². The Morgan fingerprint density at radius 1 is 0.511 bits per heavy atom. The van der Waals surface area contributed by atoms with Crippen molar-refractivity contribution in [1.82, 2.24) is 19.3 Å². The van der Waals surface area contributed by atoms with Crippen LogP contribution in [0.15, 0.2) is 152 Å². The molecule has 8 aromatic rings. The fraction of sp³-hybridized carbons (Fsp3) is 0. The molecule has 45 heavy (non-hydrogen) atoms. The molecule has 0 aliphatic heterocycles. The summed E-state index contributed by atoms with van der Waals surface area (Å²) in [4.78, 5) is 0. The Morgan fingerprint density at radius 2 is 1.00 bits per heavy atom. The van der Waals surface area contributed by atoms with Crippen LogP contribution >= 0.6 is 7.92 Å². The molecule has 1 unspecified atom stereocenters. The van der Waals surface area contributed by atoms with Crippen LogP contribution in [-0.2, 0) is 0 Å². The number of benzene rings is 5. The number of rotatable bonds is 6. The molecule has 0 amide bonds. The Labute approximate surface area is 260 Å². The largest absolute Gasteiger partial charge is 0.300 e. The summed E-state index contributed by atoms with van der Waals surface area (Å²) in [5.41, 5.74) is 5.21. The van der Waals surface area contributed by atoms with Crippen molar-refractivity contribution in [3.05, 3.63) is 152 Å². The van der Waals surface area contributed by atoms with Gasteiger partial charge in [0.15, 0.2) is 5.82 Å². The highest BCUT2D eigenvalue weighted by Crippen LogP contribution is 2.36. The van der Waals surface area contributed by atoms with Crippen molar-refractivity contribution >= 4 is 73.6 Å². The highest BCUT2D eigenvalue weighted by Gasteiger charge is 2.21. The molecule has 0 saturated heterocycles. The first-order valence-electron chi connectivity index (χ1n) is 14.7. The van der Waals surface area contributed by atoms with Crippen LogP contribution in [0.25, 0.3) is 49.4 Å². The first-order chi connectivity index (χ1) is 22.2. The number of hydrogen-bond acceptors (Lipinski definition) is 4. The summed E-state index contributed by atoms with van der Waals surface area (Å²) in [5, 5.41) is 33.3. The van der Waals surface area contributed by atoms with E-state index in [1.54, 1.807) is 12.2 Å². The minimum Gasteiger partial charge on any atom is -0.300 e. The van der Waals surface area contributed by atoms with Gasteiger partial charge in [0.2, 0.25) is 0 Å². The third kappa shape index (κ3) is 4.55. The first kappa shape index (κ1) is 26.9. The predicted molar refractivity (Wildman–Crippen MR) is 188 cm³/mol. The number of aromatic nitrogens is 4. The molecule has 0 spiro atoms. The van der Waals surface area contributed by atoms with Crippen molar-refractivity contribution in [3.63, 3.8) is 0 Å². The van der Waals surface area contributed by atoms with Gasteiger partial charge in [0.05, 0.1) is 33.0 Å². The number of fused-ring (bicyclic) bond motifs is 6. The fourth-order valence-electron chi connectivity index (χ4n) is 6.19. The zero-order valence-corrected chi connectivity index (χ0v) is 25.1. The van der Waals surface area contributed by atoms with E-state index in [1.165, 1.54) is 10.8 Å². The maximum Gasteiger partial charge on any atom is 0.160 e. The number of nitrogens with one attached hydrogen (secondary N) is 2. The van der Waals surface area contributed by atoms with E-state index in [1.807, 2.05) is 95.6 Å². The van der Waals surface area contributed by atoms with Gasteiger partial charge < -0.3 is 0 Å². The molecule has 7 heteroatoms. The normalized spacial score (nSPS) is 12.4. The summed E-state index contributed by atoms with van der Waals surface area (Å²) in [6.07, 6.45) is 3.46. The van der Waals surface area contributed by atoms with Crippen molar-refractivity contribution < 1.29 is 0 Å². The summed E-state index contributed by atoms with van der Waals surface area (Å²) in [7, 11) is -1.30. The highest BCUT2D eigenvalue weighted by atomic mass is 31.1. The molecule has 5 aromatic carbocycles. The molecule has 3 aromatic heterocycles. The molecule has 8 rings (SSSR count). The lowest BCUT2D eigenvalue weighted by Gasteiger charge is -2.17. The second-order valence-electron chi connectivity index (χ2n) is 10.8. The minimum absolute atomic E-state index is 0.299. The van der Waals surface area contributed by atoms with Crippen LogP contribution in [0.1, 0.15) is 0 Å². The summed E-state index contributed by atoms with van der Waals surface area (Å²) >= 11 is 0.